The van der Waals surface area contributed by atoms with E-state index >= 15 is 0 Å². The van der Waals surface area contributed by atoms with Gasteiger partial charge in [-0.15, -0.1) is 0 Å². The lowest BCUT2D eigenvalue weighted by atomic mass is 9.97. The minimum absolute atomic E-state index is 0.100. The van der Waals surface area contributed by atoms with Crippen molar-refractivity contribution in [2.24, 2.45) is 5.92 Å². The van der Waals surface area contributed by atoms with Gasteiger partial charge in [0.15, 0.2) is 0 Å². The number of hydrogen-bond donors (Lipinski definition) is 2. The molecule has 2 fully saturated rings. The highest BCUT2D eigenvalue weighted by Crippen LogP contribution is 2.24. The molecule has 2 heterocycles. The second-order valence-corrected chi connectivity index (χ2v) is 11.3. The number of amides is 2. The average molecular weight is 479 g/mol. The van der Waals surface area contributed by atoms with Crippen LogP contribution in [0, 0.1) is 5.92 Å². The summed E-state index contributed by atoms with van der Waals surface area (Å²) >= 11 is 0. The Morgan fingerprint density at radius 1 is 1.12 bits per heavy atom. The van der Waals surface area contributed by atoms with E-state index in [4.69, 9.17) is 0 Å². The number of rotatable bonds is 10. The summed E-state index contributed by atoms with van der Waals surface area (Å²) in [5.41, 5.74) is 1.88. The summed E-state index contributed by atoms with van der Waals surface area (Å²) in [5.74, 6) is -0.284. The van der Waals surface area contributed by atoms with Gasteiger partial charge in [0.2, 0.25) is 21.8 Å². The Morgan fingerprint density at radius 2 is 1.82 bits per heavy atom. The van der Waals surface area contributed by atoms with E-state index in [9.17, 15) is 18.0 Å². The van der Waals surface area contributed by atoms with Crippen molar-refractivity contribution in [3.05, 3.63) is 24.3 Å². The molecule has 33 heavy (non-hydrogen) atoms. The van der Waals surface area contributed by atoms with E-state index < -0.39 is 10.0 Å². The molecule has 1 unspecified atom stereocenters. The van der Waals surface area contributed by atoms with Crippen molar-refractivity contribution in [3.8, 4) is 0 Å². The number of carbonyl (C=O) groups is 2. The topological polar surface area (TPSA) is 98.8 Å². The quantitative estimate of drug-likeness (QED) is 0.539. The molecule has 0 bridgehead atoms. The summed E-state index contributed by atoms with van der Waals surface area (Å²) in [5, 5.41) is 5.87. The van der Waals surface area contributed by atoms with E-state index in [0.717, 1.165) is 30.9 Å². The van der Waals surface area contributed by atoms with Gasteiger partial charge in [0.05, 0.1) is 5.75 Å². The third-order valence-corrected chi connectivity index (χ3v) is 8.41. The minimum atomic E-state index is -3.23. The molecule has 2 saturated heterocycles. The summed E-state index contributed by atoms with van der Waals surface area (Å²) in [6.07, 6.45) is 5.10. The lowest BCUT2D eigenvalue weighted by Crippen LogP contribution is -2.45. The van der Waals surface area contributed by atoms with Crippen LogP contribution in [-0.4, -0.2) is 62.5 Å². The highest BCUT2D eigenvalue weighted by Gasteiger charge is 2.31. The Labute approximate surface area is 198 Å². The van der Waals surface area contributed by atoms with Crippen LogP contribution in [0.3, 0.4) is 0 Å². The molecule has 0 saturated carbocycles. The van der Waals surface area contributed by atoms with E-state index in [-0.39, 0.29) is 35.9 Å². The summed E-state index contributed by atoms with van der Waals surface area (Å²) in [6, 6.07) is 7.58. The molecule has 184 valence electrons. The van der Waals surface area contributed by atoms with E-state index in [1.165, 1.54) is 17.1 Å². The molecule has 2 aliphatic rings. The van der Waals surface area contributed by atoms with Crippen LogP contribution in [0.5, 0.6) is 0 Å². The molecule has 0 aromatic heterocycles. The summed E-state index contributed by atoms with van der Waals surface area (Å²) in [6.45, 7) is 6.65. The largest absolute Gasteiger partial charge is 0.371 e. The number of hydrogen-bond acceptors (Lipinski definition) is 5. The maximum atomic E-state index is 12.7. The van der Waals surface area contributed by atoms with Gasteiger partial charge in [-0.3, -0.25) is 9.59 Å². The van der Waals surface area contributed by atoms with E-state index in [2.05, 4.69) is 21.6 Å². The molecule has 2 amide bonds. The van der Waals surface area contributed by atoms with Crippen LogP contribution < -0.4 is 15.5 Å². The Morgan fingerprint density at radius 3 is 2.48 bits per heavy atom. The first-order valence-corrected chi connectivity index (χ1v) is 13.8. The Kier molecular flexibility index (Phi) is 9.14. The fourth-order valence-corrected chi connectivity index (χ4v) is 6.19. The number of carbonyl (C=O) groups excluding carboxylic acids is 2. The highest BCUT2D eigenvalue weighted by molar-refractivity contribution is 7.89. The predicted octanol–water partition coefficient (Wildman–Crippen LogP) is 2.96. The normalized spacial score (nSPS) is 18.8. The third kappa shape index (κ3) is 7.43. The van der Waals surface area contributed by atoms with Gasteiger partial charge in [0, 0.05) is 55.9 Å². The second-order valence-electron chi connectivity index (χ2n) is 9.25. The van der Waals surface area contributed by atoms with E-state index in [1.54, 1.807) is 0 Å². The number of piperidine rings is 1. The maximum Gasteiger partial charge on any atom is 0.226 e. The van der Waals surface area contributed by atoms with Crippen molar-refractivity contribution in [3.63, 3.8) is 0 Å². The van der Waals surface area contributed by atoms with Crippen LogP contribution in [0.2, 0.25) is 0 Å². The summed E-state index contributed by atoms with van der Waals surface area (Å²) < 4.78 is 26.2. The van der Waals surface area contributed by atoms with Gasteiger partial charge in [-0.05, 0) is 57.2 Å². The van der Waals surface area contributed by atoms with E-state index in [0.29, 0.717) is 32.4 Å². The van der Waals surface area contributed by atoms with Crippen molar-refractivity contribution in [1.82, 2.24) is 9.62 Å². The van der Waals surface area contributed by atoms with Crippen LogP contribution >= 0.6 is 0 Å². The van der Waals surface area contributed by atoms with Crippen LogP contribution in [0.4, 0.5) is 11.4 Å². The Hall–Kier alpha value is -2.13. The molecule has 1 aromatic rings. The number of sulfonamides is 1. The molecular formula is C24H38N4O4S. The number of nitrogens with zero attached hydrogens (tertiary/aromatic N) is 2. The number of benzene rings is 1. The second kappa shape index (κ2) is 11.8. The van der Waals surface area contributed by atoms with Crippen molar-refractivity contribution in [2.45, 2.75) is 64.8 Å². The molecule has 9 heteroatoms. The average Bonchev–Trinajstić information content (AvgIpc) is 3.33. The zero-order chi connectivity index (χ0) is 23.8. The first kappa shape index (κ1) is 25.5. The third-order valence-electron chi connectivity index (χ3n) is 6.46. The summed E-state index contributed by atoms with van der Waals surface area (Å²) in [7, 11) is -3.23. The van der Waals surface area contributed by atoms with Gasteiger partial charge < -0.3 is 15.5 Å². The molecule has 1 atom stereocenters. The van der Waals surface area contributed by atoms with E-state index in [1.807, 2.05) is 32.0 Å². The van der Waals surface area contributed by atoms with Gasteiger partial charge >= 0.3 is 0 Å². The van der Waals surface area contributed by atoms with Crippen molar-refractivity contribution in [2.75, 3.05) is 42.1 Å². The van der Waals surface area contributed by atoms with Crippen LogP contribution in [-0.2, 0) is 19.6 Å². The Bertz CT molecular complexity index is 907. The molecule has 0 radical (unpaired) electrons. The molecule has 0 spiro atoms. The predicted molar refractivity (Wildman–Crippen MR) is 132 cm³/mol. The van der Waals surface area contributed by atoms with Gasteiger partial charge in [0.25, 0.3) is 0 Å². The van der Waals surface area contributed by atoms with Crippen LogP contribution in [0.15, 0.2) is 24.3 Å². The molecule has 2 N–H and O–H groups in total. The number of nitrogens with one attached hydrogen (secondary N) is 2. The fourth-order valence-electron chi connectivity index (χ4n) is 4.51. The van der Waals surface area contributed by atoms with Gasteiger partial charge in [-0.1, -0.05) is 19.4 Å². The number of anilines is 2. The zero-order valence-electron chi connectivity index (χ0n) is 19.9. The Balaban J connectivity index is 1.42. The highest BCUT2D eigenvalue weighted by atomic mass is 32.2. The van der Waals surface area contributed by atoms with Crippen molar-refractivity contribution in [1.29, 1.82) is 0 Å². The van der Waals surface area contributed by atoms with Crippen molar-refractivity contribution >= 4 is 33.2 Å². The van der Waals surface area contributed by atoms with Gasteiger partial charge in [-0.25, -0.2) is 12.7 Å². The lowest BCUT2D eigenvalue weighted by molar-refractivity contribution is -0.127. The molecule has 2 aliphatic heterocycles. The van der Waals surface area contributed by atoms with Crippen LogP contribution in [0.25, 0.3) is 0 Å². The van der Waals surface area contributed by atoms with Gasteiger partial charge in [0.1, 0.15) is 0 Å². The van der Waals surface area contributed by atoms with Gasteiger partial charge in [-0.2, -0.15) is 0 Å². The first-order chi connectivity index (χ1) is 15.8. The SMILES string of the molecule is CCCCS(=O)(=O)N1CCC(C(=O)NC(C)CC(=O)Nc2cccc(N3CCCC3)c2)CC1. The smallest absolute Gasteiger partial charge is 0.226 e. The monoisotopic (exact) mass is 478 g/mol. The maximum absolute atomic E-state index is 12.7. The fraction of sp³-hybridized carbons (Fsp3) is 0.667. The zero-order valence-corrected chi connectivity index (χ0v) is 20.7. The molecule has 0 aliphatic carbocycles. The molecule has 3 rings (SSSR count). The first-order valence-electron chi connectivity index (χ1n) is 12.2. The van der Waals surface area contributed by atoms with Crippen molar-refractivity contribution < 1.29 is 18.0 Å². The standard InChI is InChI=1S/C24H38N4O4S/c1-3-4-16-33(31,32)28-14-10-20(11-15-28)24(30)25-19(2)17-23(29)26-21-8-7-9-22(18-21)27-12-5-6-13-27/h7-9,18-20H,3-6,10-17H2,1-2H3,(H,25,30)(H,26,29). The van der Waals surface area contributed by atoms with Crippen LogP contribution in [0.1, 0.15) is 58.8 Å². The molecular weight excluding hydrogens is 440 g/mol. The number of unbranched alkanes of at least 4 members (excludes halogenated alkanes) is 1. The molecule has 1 aromatic carbocycles. The summed E-state index contributed by atoms with van der Waals surface area (Å²) in [4.78, 5) is 27.5. The molecule has 8 nitrogen and oxygen atoms in total. The minimum Gasteiger partial charge on any atom is -0.371 e. The lowest BCUT2D eigenvalue weighted by Gasteiger charge is -2.31.